The van der Waals surface area contributed by atoms with E-state index in [1.54, 1.807) is 12.1 Å². The van der Waals surface area contributed by atoms with E-state index in [1.165, 1.54) is 0 Å². The van der Waals surface area contributed by atoms with Gasteiger partial charge in [0.1, 0.15) is 11.5 Å². The molecule has 0 spiro atoms. The van der Waals surface area contributed by atoms with E-state index in [0.29, 0.717) is 0 Å². The lowest BCUT2D eigenvalue weighted by molar-refractivity contribution is -0.0180. The van der Waals surface area contributed by atoms with Gasteiger partial charge in [-0.1, -0.05) is 19.1 Å². The van der Waals surface area contributed by atoms with Crippen molar-refractivity contribution in [1.29, 1.82) is 0 Å². The molecule has 3 heteroatoms. The normalized spacial score (nSPS) is 26.6. The first kappa shape index (κ1) is 9.49. The van der Waals surface area contributed by atoms with E-state index in [2.05, 4.69) is 12.2 Å². The number of aromatic hydroxyl groups is 1. The van der Waals surface area contributed by atoms with E-state index < -0.39 is 5.72 Å². The number of ether oxygens (including phenoxy) is 1. The second-order valence-electron chi connectivity index (χ2n) is 3.51. The average Bonchev–Trinajstić information content (AvgIpc) is 2.67. The smallest absolute Gasteiger partial charge is 0.145 e. The molecule has 1 aliphatic heterocycles. The van der Waals surface area contributed by atoms with Crippen LogP contribution >= 0.6 is 0 Å². The Morgan fingerprint density at radius 3 is 3.00 bits per heavy atom. The van der Waals surface area contributed by atoms with Gasteiger partial charge in [0.25, 0.3) is 0 Å². The highest BCUT2D eigenvalue weighted by molar-refractivity contribution is 5.31. The van der Waals surface area contributed by atoms with Crippen LogP contribution in [0, 0.1) is 0 Å². The SMILES string of the molecule is CCC1(c2cccc(O)c2)NCCO1. The van der Waals surface area contributed by atoms with Crippen molar-refractivity contribution in [3.05, 3.63) is 29.8 Å². The summed E-state index contributed by atoms with van der Waals surface area (Å²) in [6, 6.07) is 7.23. The summed E-state index contributed by atoms with van der Waals surface area (Å²) in [5, 5.41) is 12.7. The molecule has 1 aromatic rings. The Bertz CT molecular complexity index is 319. The highest BCUT2D eigenvalue weighted by atomic mass is 16.5. The Morgan fingerprint density at radius 1 is 1.57 bits per heavy atom. The van der Waals surface area contributed by atoms with E-state index in [9.17, 15) is 5.11 Å². The number of hydrogen-bond acceptors (Lipinski definition) is 3. The van der Waals surface area contributed by atoms with Gasteiger partial charge in [0.05, 0.1) is 6.61 Å². The van der Waals surface area contributed by atoms with Crippen LogP contribution in [0.3, 0.4) is 0 Å². The first-order chi connectivity index (χ1) is 6.77. The molecule has 1 atom stereocenters. The summed E-state index contributed by atoms with van der Waals surface area (Å²) in [5.74, 6) is 0.285. The molecule has 1 saturated heterocycles. The molecule has 76 valence electrons. The number of rotatable bonds is 2. The van der Waals surface area contributed by atoms with Gasteiger partial charge in [0.15, 0.2) is 0 Å². The van der Waals surface area contributed by atoms with Crippen LogP contribution in [0.1, 0.15) is 18.9 Å². The largest absolute Gasteiger partial charge is 0.508 e. The summed E-state index contributed by atoms with van der Waals surface area (Å²) >= 11 is 0. The zero-order chi connectivity index (χ0) is 10.0. The molecule has 1 fully saturated rings. The quantitative estimate of drug-likeness (QED) is 0.749. The summed E-state index contributed by atoms with van der Waals surface area (Å²) in [4.78, 5) is 0. The Morgan fingerprint density at radius 2 is 2.43 bits per heavy atom. The van der Waals surface area contributed by atoms with Crippen molar-refractivity contribution in [1.82, 2.24) is 5.32 Å². The molecule has 0 radical (unpaired) electrons. The van der Waals surface area contributed by atoms with Crippen LogP contribution in [0.5, 0.6) is 5.75 Å². The summed E-state index contributed by atoms with van der Waals surface area (Å²) < 4.78 is 5.71. The summed E-state index contributed by atoms with van der Waals surface area (Å²) in [6.45, 7) is 3.66. The van der Waals surface area contributed by atoms with E-state index >= 15 is 0 Å². The lowest BCUT2D eigenvalue weighted by Crippen LogP contribution is -2.37. The molecule has 2 rings (SSSR count). The third-order valence-electron chi connectivity index (χ3n) is 2.67. The van der Waals surface area contributed by atoms with E-state index in [1.807, 2.05) is 12.1 Å². The second-order valence-corrected chi connectivity index (χ2v) is 3.51. The topological polar surface area (TPSA) is 41.5 Å². The maximum atomic E-state index is 9.40. The molecule has 0 saturated carbocycles. The van der Waals surface area contributed by atoms with Gasteiger partial charge in [0.2, 0.25) is 0 Å². The molecular weight excluding hydrogens is 178 g/mol. The number of hydrogen-bond donors (Lipinski definition) is 2. The van der Waals surface area contributed by atoms with Crippen molar-refractivity contribution in [2.75, 3.05) is 13.2 Å². The molecule has 1 unspecified atom stereocenters. The van der Waals surface area contributed by atoms with Crippen molar-refractivity contribution in [3.8, 4) is 5.75 Å². The van der Waals surface area contributed by atoms with Gasteiger partial charge in [-0.3, -0.25) is 5.32 Å². The van der Waals surface area contributed by atoms with Crippen LogP contribution < -0.4 is 5.32 Å². The lowest BCUT2D eigenvalue weighted by atomic mass is 10.0. The van der Waals surface area contributed by atoms with Crippen molar-refractivity contribution >= 4 is 0 Å². The number of phenols is 1. The average molecular weight is 193 g/mol. The van der Waals surface area contributed by atoms with Gasteiger partial charge in [-0.15, -0.1) is 0 Å². The predicted octanol–water partition coefficient (Wildman–Crippen LogP) is 1.57. The molecule has 0 aliphatic carbocycles. The Hall–Kier alpha value is -1.06. The van der Waals surface area contributed by atoms with Crippen LogP contribution in [-0.4, -0.2) is 18.3 Å². The van der Waals surface area contributed by atoms with Gasteiger partial charge in [-0.25, -0.2) is 0 Å². The Balaban J connectivity index is 2.35. The highest BCUT2D eigenvalue weighted by Gasteiger charge is 2.34. The third kappa shape index (κ3) is 1.49. The highest BCUT2D eigenvalue weighted by Crippen LogP contribution is 2.31. The van der Waals surface area contributed by atoms with Crippen LogP contribution in [-0.2, 0) is 10.5 Å². The summed E-state index contributed by atoms with van der Waals surface area (Å²) in [6.07, 6.45) is 0.858. The molecular formula is C11H15NO2. The molecule has 0 bridgehead atoms. The van der Waals surface area contributed by atoms with Crippen molar-refractivity contribution in [3.63, 3.8) is 0 Å². The number of nitrogens with one attached hydrogen (secondary N) is 1. The zero-order valence-corrected chi connectivity index (χ0v) is 8.29. The van der Waals surface area contributed by atoms with E-state index in [-0.39, 0.29) is 5.75 Å². The molecule has 0 amide bonds. The maximum Gasteiger partial charge on any atom is 0.145 e. The second kappa shape index (κ2) is 3.59. The minimum Gasteiger partial charge on any atom is -0.508 e. The first-order valence-electron chi connectivity index (χ1n) is 4.95. The van der Waals surface area contributed by atoms with E-state index in [0.717, 1.165) is 25.1 Å². The minimum atomic E-state index is -0.390. The van der Waals surface area contributed by atoms with Gasteiger partial charge in [-0.2, -0.15) is 0 Å². The van der Waals surface area contributed by atoms with Gasteiger partial charge >= 0.3 is 0 Å². The fourth-order valence-electron chi connectivity index (χ4n) is 1.90. The summed E-state index contributed by atoms with van der Waals surface area (Å²) in [7, 11) is 0. The van der Waals surface area contributed by atoms with Crippen LogP contribution in [0.15, 0.2) is 24.3 Å². The van der Waals surface area contributed by atoms with Gasteiger partial charge in [-0.05, 0) is 18.6 Å². The fraction of sp³-hybridized carbons (Fsp3) is 0.455. The van der Waals surface area contributed by atoms with Gasteiger partial charge in [0, 0.05) is 12.1 Å². The fourth-order valence-corrected chi connectivity index (χ4v) is 1.90. The Labute approximate surface area is 83.7 Å². The molecule has 0 aromatic heterocycles. The van der Waals surface area contributed by atoms with E-state index in [4.69, 9.17) is 4.74 Å². The molecule has 3 nitrogen and oxygen atoms in total. The molecule has 1 aliphatic rings. The van der Waals surface area contributed by atoms with Crippen molar-refractivity contribution in [2.45, 2.75) is 19.1 Å². The van der Waals surface area contributed by atoms with Gasteiger partial charge < -0.3 is 9.84 Å². The van der Waals surface area contributed by atoms with Crippen LogP contribution in [0.25, 0.3) is 0 Å². The van der Waals surface area contributed by atoms with Crippen molar-refractivity contribution in [2.24, 2.45) is 0 Å². The number of benzene rings is 1. The van der Waals surface area contributed by atoms with Crippen LogP contribution in [0.2, 0.25) is 0 Å². The van der Waals surface area contributed by atoms with Crippen LogP contribution in [0.4, 0.5) is 0 Å². The maximum absolute atomic E-state index is 9.40. The molecule has 1 heterocycles. The standard InChI is InChI=1S/C11H15NO2/c1-2-11(12-6-7-14-11)9-4-3-5-10(13)8-9/h3-5,8,12-13H,2,6-7H2,1H3. The lowest BCUT2D eigenvalue weighted by Gasteiger charge is -2.27. The monoisotopic (exact) mass is 193 g/mol. The predicted molar refractivity (Wildman–Crippen MR) is 54.0 cm³/mol. The number of phenolic OH excluding ortho intramolecular Hbond substituents is 1. The van der Waals surface area contributed by atoms with Crippen molar-refractivity contribution < 1.29 is 9.84 Å². The Kier molecular flexibility index (Phi) is 2.44. The first-order valence-corrected chi connectivity index (χ1v) is 4.95. The minimum absolute atomic E-state index is 0.285. The molecule has 14 heavy (non-hydrogen) atoms. The third-order valence-corrected chi connectivity index (χ3v) is 2.67. The zero-order valence-electron chi connectivity index (χ0n) is 8.29. The molecule has 1 aromatic carbocycles. The molecule has 2 N–H and O–H groups in total. The summed E-state index contributed by atoms with van der Waals surface area (Å²) in [5.41, 5.74) is 0.608.